The van der Waals surface area contributed by atoms with Crippen LogP contribution < -0.4 is 20.3 Å². The van der Waals surface area contributed by atoms with E-state index in [9.17, 15) is 18.3 Å². The van der Waals surface area contributed by atoms with Crippen LogP contribution in [0, 0.1) is 0 Å². The van der Waals surface area contributed by atoms with Crippen molar-refractivity contribution in [3.63, 3.8) is 0 Å². The number of benzene rings is 2. The molecule has 39 heavy (non-hydrogen) atoms. The largest absolute Gasteiger partial charge is 0.494 e. The summed E-state index contributed by atoms with van der Waals surface area (Å²) in [5.74, 6) is 0.946. The van der Waals surface area contributed by atoms with Crippen molar-refractivity contribution >= 4 is 44.7 Å². The normalized spacial score (nSPS) is 14.2. The number of piperazine rings is 1. The number of para-hydroxylation sites is 1. The Morgan fingerprint density at radius 2 is 1.67 bits per heavy atom. The van der Waals surface area contributed by atoms with Gasteiger partial charge in [0.2, 0.25) is 17.8 Å². The van der Waals surface area contributed by atoms with Gasteiger partial charge in [-0.3, -0.25) is 4.79 Å². The van der Waals surface area contributed by atoms with Gasteiger partial charge in [-0.15, -0.1) is 0 Å². The van der Waals surface area contributed by atoms with Crippen molar-refractivity contribution < 1.29 is 23.1 Å². The molecule has 4 rings (SSSR count). The summed E-state index contributed by atoms with van der Waals surface area (Å²) in [6.07, 6.45) is 2.56. The van der Waals surface area contributed by atoms with E-state index in [-0.39, 0.29) is 29.1 Å². The summed E-state index contributed by atoms with van der Waals surface area (Å²) in [6, 6.07) is 12.2. The fraction of sp³-hybridized carbons (Fsp3) is 0.385. The van der Waals surface area contributed by atoms with Gasteiger partial charge in [-0.2, -0.15) is 4.98 Å². The third-order valence-corrected chi connectivity index (χ3v) is 7.27. The molecule has 0 radical (unpaired) electrons. The minimum atomic E-state index is -3.45. The quantitative estimate of drug-likeness (QED) is 0.357. The number of ether oxygens (including phenoxy) is 1. The summed E-state index contributed by atoms with van der Waals surface area (Å²) in [5, 5.41) is 16.0. The molecule has 1 saturated heterocycles. The van der Waals surface area contributed by atoms with Gasteiger partial charge >= 0.3 is 0 Å². The smallest absolute Gasteiger partial charge is 0.232 e. The number of methoxy groups -OCH3 is 1. The van der Waals surface area contributed by atoms with E-state index in [2.05, 4.69) is 30.5 Å². The number of amides is 1. The van der Waals surface area contributed by atoms with Crippen molar-refractivity contribution in [1.82, 2.24) is 19.9 Å². The number of sulfone groups is 1. The van der Waals surface area contributed by atoms with E-state index in [1.54, 1.807) is 44.1 Å². The topological polar surface area (TPSA) is 150 Å². The van der Waals surface area contributed by atoms with Gasteiger partial charge in [-0.1, -0.05) is 12.1 Å². The SMILES string of the molecule is COc1cc(N2CCN(C(=O)CC(C)(C)O)CC2)ccc1Nc1ncnc(Nc2ccccc2S(C)(=O)=O)n1. The molecule has 12 nitrogen and oxygen atoms in total. The van der Waals surface area contributed by atoms with E-state index in [0.717, 1.165) is 11.9 Å². The van der Waals surface area contributed by atoms with Crippen molar-refractivity contribution in [2.24, 2.45) is 0 Å². The Labute approximate surface area is 228 Å². The second-order valence-electron chi connectivity index (χ2n) is 9.89. The van der Waals surface area contributed by atoms with Gasteiger partial charge in [-0.25, -0.2) is 18.4 Å². The zero-order valence-corrected chi connectivity index (χ0v) is 23.2. The number of aliphatic hydroxyl groups is 1. The third kappa shape index (κ3) is 7.33. The number of nitrogens with zero attached hydrogens (tertiary/aromatic N) is 5. The van der Waals surface area contributed by atoms with Crippen LogP contribution in [-0.2, 0) is 14.6 Å². The molecule has 3 N–H and O–H groups in total. The summed E-state index contributed by atoms with van der Waals surface area (Å²) >= 11 is 0. The number of rotatable bonds is 9. The molecule has 1 aromatic heterocycles. The van der Waals surface area contributed by atoms with Crippen LogP contribution in [0.25, 0.3) is 0 Å². The molecule has 0 spiro atoms. The maximum absolute atomic E-state index is 12.4. The number of hydrogen-bond donors (Lipinski definition) is 3. The van der Waals surface area contributed by atoms with E-state index < -0.39 is 15.4 Å². The van der Waals surface area contributed by atoms with Gasteiger partial charge < -0.3 is 30.3 Å². The fourth-order valence-electron chi connectivity index (χ4n) is 4.23. The van der Waals surface area contributed by atoms with E-state index in [4.69, 9.17) is 4.74 Å². The van der Waals surface area contributed by atoms with Crippen molar-refractivity contribution in [2.75, 3.05) is 55.1 Å². The van der Waals surface area contributed by atoms with Gasteiger partial charge in [0.05, 0.1) is 35.4 Å². The first-order valence-corrected chi connectivity index (χ1v) is 14.3. The first-order chi connectivity index (χ1) is 18.4. The summed E-state index contributed by atoms with van der Waals surface area (Å²) in [4.78, 5) is 29.2. The highest BCUT2D eigenvalue weighted by Crippen LogP contribution is 2.32. The highest BCUT2D eigenvalue weighted by Gasteiger charge is 2.26. The summed E-state index contributed by atoms with van der Waals surface area (Å²) in [7, 11) is -1.88. The lowest BCUT2D eigenvalue weighted by Crippen LogP contribution is -2.50. The van der Waals surface area contributed by atoms with E-state index in [0.29, 0.717) is 43.3 Å². The van der Waals surface area contributed by atoms with Crippen LogP contribution in [0.5, 0.6) is 5.75 Å². The van der Waals surface area contributed by atoms with Crippen LogP contribution >= 0.6 is 0 Å². The van der Waals surface area contributed by atoms with E-state index >= 15 is 0 Å². The highest BCUT2D eigenvalue weighted by atomic mass is 32.2. The zero-order valence-electron chi connectivity index (χ0n) is 22.4. The number of carbonyl (C=O) groups excluding carboxylic acids is 1. The molecule has 0 saturated carbocycles. The lowest BCUT2D eigenvalue weighted by Gasteiger charge is -2.37. The third-order valence-electron chi connectivity index (χ3n) is 6.12. The number of anilines is 5. The van der Waals surface area contributed by atoms with Crippen molar-refractivity contribution in [3.8, 4) is 5.75 Å². The first-order valence-electron chi connectivity index (χ1n) is 12.4. The fourth-order valence-corrected chi connectivity index (χ4v) is 5.07. The molecule has 1 aliphatic rings. The maximum atomic E-state index is 12.4. The van der Waals surface area contributed by atoms with Gasteiger partial charge in [0.15, 0.2) is 9.84 Å². The molecule has 0 bridgehead atoms. The molecular formula is C26H33N7O5S. The average Bonchev–Trinajstić information content (AvgIpc) is 2.88. The minimum absolute atomic E-state index is 0.0507. The highest BCUT2D eigenvalue weighted by molar-refractivity contribution is 7.90. The second kappa shape index (κ2) is 11.4. The molecule has 0 aliphatic carbocycles. The molecule has 2 aromatic carbocycles. The Morgan fingerprint density at radius 3 is 2.28 bits per heavy atom. The summed E-state index contributed by atoms with van der Waals surface area (Å²) in [5.41, 5.74) is 0.915. The molecule has 1 amide bonds. The Balaban J connectivity index is 1.44. The maximum Gasteiger partial charge on any atom is 0.232 e. The average molecular weight is 556 g/mol. The van der Waals surface area contributed by atoms with Crippen LogP contribution in [0.1, 0.15) is 20.3 Å². The standard InChI is InChI=1S/C26H33N7O5S/c1-26(2,35)16-23(34)33-13-11-32(12-14-33)18-9-10-19(21(15-18)38-3)29-24-27-17-28-25(31-24)30-20-7-5-6-8-22(20)39(4,36)37/h5-10,15,17,35H,11-14,16H2,1-4H3,(H2,27,28,29,30,31). The molecule has 0 unspecified atom stereocenters. The minimum Gasteiger partial charge on any atom is -0.494 e. The second-order valence-corrected chi connectivity index (χ2v) is 11.9. The van der Waals surface area contributed by atoms with Gasteiger partial charge in [0.1, 0.15) is 12.1 Å². The number of hydrogen-bond acceptors (Lipinski definition) is 11. The van der Waals surface area contributed by atoms with Crippen LogP contribution in [0.3, 0.4) is 0 Å². The summed E-state index contributed by atoms with van der Waals surface area (Å²) < 4.78 is 29.8. The Hall–Kier alpha value is -3.97. The van der Waals surface area contributed by atoms with E-state index in [1.807, 2.05) is 18.2 Å². The molecule has 208 valence electrons. The lowest BCUT2D eigenvalue weighted by atomic mass is 10.0. The van der Waals surface area contributed by atoms with Crippen LogP contribution in [0.4, 0.5) is 29.0 Å². The first kappa shape index (κ1) is 28.0. The predicted octanol–water partition coefficient (Wildman–Crippen LogP) is 2.58. The van der Waals surface area contributed by atoms with Crippen molar-refractivity contribution in [2.45, 2.75) is 30.8 Å². The lowest BCUT2D eigenvalue weighted by molar-refractivity contribution is -0.135. The number of aromatic nitrogens is 3. The Morgan fingerprint density at radius 1 is 1.03 bits per heavy atom. The molecule has 0 atom stereocenters. The molecular weight excluding hydrogens is 522 g/mol. The number of carbonyl (C=O) groups is 1. The van der Waals surface area contributed by atoms with Gasteiger partial charge in [0.25, 0.3) is 0 Å². The Kier molecular flexibility index (Phi) is 8.21. The molecule has 2 heterocycles. The monoisotopic (exact) mass is 555 g/mol. The molecule has 1 aliphatic heterocycles. The molecule has 13 heteroatoms. The number of nitrogens with one attached hydrogen (secondary N) is 2. The van der Waals surface area contributed by atoms with Crippen molar-refractivity contribution in [1.29, 1.82) is 0 Å². The van der Waals surface area contributed by atoms with Crippen LogP contribution in [0.15, 0.2) is 53.7 Å². The van der Waals surface area contributed by atoms with Gasteiger partial charge in [0, 0.05) is 44.2 Å². The predicted molar refractivity (Wildman–Crippen MR) is 149 cm³/mol. The van der Waals surface area contributed by atoms with Crippen LogP contribution in [0.2, 0.25) is 0 Å². The van der Waals surface area contributed by atoms with Crippen molar-refractivity contribution in [3.05, 3.63) is 48.8 Å². The zero-order chi connectivity index (χ0) is 28.2. The molecule has 1 fully saturated rings. The van der Waals surface area contributed by atoms with Crippen LogP contribution in [-0.4, -0.2) is 84.4 Å². The van der Waals surface area contributed by atoms with E-state index in [1.165, 1.54) is 12.4 Å². The molecule has 3 aromatic rings. The van der Waals surface area contributed by atoms with Gasteiger partial charge in [-0.05, 0) is 38.1 Å². The Bertz CT molecular complexity index is 1430. The summed E-state index contributed by atoms with van der Waals surface area (Å²) in [6.45, 7) is 5.72.